The number of ether oxygens (including phenoxy) is 1. The Morgan fingerprint density at radius 2 is 1.59 bits per heavy atom. The van der Waals surface area contributed by atoms with Crippen LogP contribution in [-0.4, -0.2) is 37.4 Å². The van der Waals surface area contributed by atoms with Gasteiger partial charge in [0.15, 0.2) is 0 Å². The van der Waals surface area contributed by atoms with Crippen LogP contribution in [0.1, 0.15) is 43.5 Å². The molecule has 0 aliphatic carbocycles. The van der Waals surface area contributed by atoms with Gasteiger partial charge in [0.25, 0.3) is 11.7 Å². The third-order valence-electron chi connectivity index (χ3n) is 5.40. The maximum atomic E-state index is 13.1. The van der Waals surface area contributed by atoms with E-state index in [0.717, 1.165) is 5.56 Å². The minimum atomic E-state index is -0.820. The molecular weight excluding hydrogens is 432 g/mol. The van der Waals surface area contributed by atoms with Gasteiger partial charge in [-0.05, 0) is 68.3 Å². The lowest BCUT2D eigenvalue weighted by Crippen LogP contribution is -2.29. The monoisotopic (exact) mass is 458 g/mol. The molecule has 1 saturated heterocycles. The van der Waals surface area contributed by atoms with Crippen LogP contribution in [0.2, 0.25) is 0 Å². The topological polar surface area (TPSA) is 100.0 Å². The number of carbonyl (C=O) groups excluding carboxylic acids is 2. The molecule has 1 unspecified atom stereocenters. The molecule has 2 heterocycles. The Hall–Kier alpha value is -4.13. The summed E-state index contributed by atoms with van der Waals surface area (Å²) in [5.41, 5.74) is 1.44. The van der Waals surface area contributed by atoms with Crippen LogP contribution in [0.5, 0.6) is 11.5 Å². The highest BCUT2D eigenvalue weighted by Gasteiger charge is 2.46. The lowest BCUT2D eigenvalue weighted by molar-refractivity contribution is -0.140. The summed E-state index contributed by atoms with van der Waals surface area (Å²) in [6.45, 7) is 6.03. The summed E-state index contributed by atoms with van der Waals surface area (Å²) in [7, 11) is 0. The van der Waals surface area contributed by atoms with E-state index in [9.17, 15) is 19.8 Å². The van der Waals surface area contributed by atoms with Crippen molar-refractivity contribution in [3.8, 4) is 11.5 Å². The third-order valence-corrected chi connectivity index (χ3v) is 5.40. The summed E-state index contributed by atoms with van der Waals surface area (Å²) in [5.74, 6) is -0.977. The molecule has 2 aromatic carbocycles. The maximum absolute atomic E-state index is 13.1. The zero-order valence-electron chi connectivity index (χ0n) is 19.2. The number of amides is 1. The maximum Gasteiger partial charge on any atom is 0.295 e. The summed E-state index contributed by atoms with van der Waals surface area (Å²) in [6, 6.07) is 15.9. The van der Waals surface area contributed by atoms with Crippen LogP contribution in [0, 0.1) is 0 Å². The molecule has 4 rings (SSSR count). The van der Waals surface area contributed by atoms with Crippen LogP contribution in [-0.2, 0) is 16.1 Å². The Balaban J connectivity index is 1.74. The predicted molar refractivity (Wildman–Crippen MR) is 127 cm³/mol. The number of rotatable bonds is 5. The molecule has 0 radical (unpaired) electrons. The Bertz CT molecular complexity index is 1230. The Labute approximate surface area is 198 Å². The van der Waals surface area contributed by atoms with Crippen LogP contribution in [0.3, 0.4) is 0 Å². The minimum absolute atomic E-state index is 0.00502. The van der Waals surface area contributed by atoms with Crippen LogP contribution in [0.25, 0.3) is 5.76 Å². The first-order valence-electron chi connectivity index (χ1n) is 10.9. The average Bonchev–Trinajstić information content (AvgIpc) is 3.05. The smallest absolute Gasteiger partial charge is 0.295 e. The second kappa shape index (κ2) is 9.02. The average molecular weight is 459 g/mol. The van der Waals surface area contributed by atoms with Crippen molar-refractivity contribution in [3.63, 3.8) is 0 Å². The van der Waals surface area contributed by atoms with E-state index in [2.05, 4.69) is 4.98 Å². The second-order valence-electron chi connectivity index (χ2n) is 9.11. The van der Waals surface area contributed by atoms with Crippen LogP contribution < -0.4 is 4.74 Å². The highest BCUT2D eigenvalue weighted by Crippen LogP contribution is 2.40. The molecule has 7 heteroatoms. The van der Waals surface area contributed by atoms with Gasteiger partial charge >= 0.3 is 0 Å². The molecule has 1 aliphatic heterocycles. The predicted octanol–water partition coefficient (Wildman–Crippen LogP) is 4.59. The zero-order chi connectivity index (χ0) is 24.5. The molecule has 7 nitrogen and oxygen atoms in total. The lowest BCUT2D eigenvalue weighted by atomic mass is 9.95. The molecule has 3 aromatic rings. The molecule has 1 amide bonds. The molecule has 174 valence electrons. The molecule has 1 atom stereocenters. The lowest BCUT2D eigenvalue weighted by Gasteiger charge is -2.26. The number of hydrogen-bond donors (Lipinski definition) is 2. The van der Waals surface area contributed by atoms with E-state index >= 15 is 0 Å². The molecule has 0 saturated carbocycles. The molecule has 2 N–H and O–H groups in total. The van der Waals surface area contributed by atoms with Gasteiger partial charge in [-0.2, -0.15) is 0 Å². The molecular formula is C27H26N2O5. The molecule has 0 bridgehead atoms. The molecule has 1 aliphatic rings. The van der Waals surface area contributed by atoms with Gasteiger partial charge in [0.1, 0.15) is 22.9 Å². The van der Waals surface area contributed by atoms with E-state index in [4.69, 9.17) is 4.74 Å². The summed E-state index contributed by atoms with van der Waals surface area (Å²) < 4.78 is 5.86. The highest BCUT2D eigenvalue weighted by molar-refractivity contribution is 6.46. The minimum Gasteiger partial charge on any atom is -0.508 e. The molecule has 34 heavy (non-hydrogen) atoms. The van der Waals surface area contributed by atoms with Crippen molar-refractivity contribution in [3.05, 3.63) is 95.3 Å². The van der Waals surface area contributed by atoms with Gasteiger partial charge in [-0.25, -0.2) is 0 Å². The fraction of sp³-hybridized carbons (Fsp3) is 0.222. The zero-order valence-corrected chi connectivity index (χ0v) is 19.2. The number of phenolic OH excluding ortho intramolecular Hbond substituents is 1. The van der Waals surface area contributed by atoms with Crippen molar-refractivity contribution >= 4 is 17.4 Å². The molecule has 0 spiro atoms. The number of benzene rings is 2. The van der Waals surface area contributed by atoms with Gasteiger partial charge in [0.05, 0.1) is 11.6 Å². The van der Waals surface area contributed by atoms with Gasteiger partial charge < -0.3 is 19.8 Å². The summed E-state index contributed by atoms with van der Waals surface area (Å²) in [4.78, 5) is 31.6. The number of aliphatic hydroxyl groups is 1. The van der Waals surface area contributed by atoms with E-state index in [1.807, 2.05) is 45.0 Å². The third kappa shape index (κ3) is 4.78. The Morgan fingerprint density at radius 1 is 0.971 bits per heavy atom. The Morgan fingerprint density at radius 3 is 2.18 bits per heavy atom. The summed E-state index contributed by atoms with van der Waals surface area (Å²) in [5, 5.41) is 20.7. The van der Waals surface area contributed by atoms with Crippen molar-refractivity contribution < 1.29 is 24.5 Å². The van der Waals surface area contributed by atoms with Crippen molar-refractivity contribution in [1.82, 2.24) is 9.88 Å². The highest BCUT2D eigenvalue weighted by atomic mass is 16.5. The number of aromatic hydroxyl groups is 1. The van der Waals surface area contributed by atoms with E-state index in [1.165, 1.54) is 29.4 Å². The molecule has 1 aromatic heterocycles. The fourth-order valence-electron chi connectivity index (χ4n) is 3.92. The first-order valence-corrected chi connectivity index (χ1v) is 10.9. The van der Waals surface area contributed by atoms with Crippen LogP contribution in [0.15, 0.2) is 78.6 Å². The quantitative estimate of drug-likeness (QED) is 0.330. The van der Waals surface area contributed by atoms with Gasteiger partial charge in [0.2, 0.25) is 0 Å². The Kier molecular flexibility index (Phi) is 6.11. The number of pyridine rings is 1. The number of phenols is 1. The van der Waals surface area contributed by atoms with E-state index in [0.29, 0.717) is 16.9 Å². The van der Waals surface area contributed by atoms with Gasteiger partial charge in [-0.3, -0.25) is 14.6 Å². The fourth-order valence-corrected chi connectivity index (χ4v) is 3.92. The number of hydrogen-bond acceptors (Lipinski definition) is 6. The summed E-state index contributed by atoms with van der Waals surface area (Å²) in [6.07, 6.45) is 3.00. The van der Waals surface area contributed by atoms with E-state index < -0.39 is 17.7 Å². The number of aromatic nitrogens is 1. The number of carbonyl (C=O) groups is 2. The number of nitrogens with zero attached hydrogens (tertiary/aromatic N) is 2. The van der Waals surface area contributed by atoms with Crippen LogP contribution >= 0.6 is 0 Å². The number of aliphatic hydroxyl groups excluding tert-OH is 1. The van der Waals surface area contributed by atoms with E-state index in [-0.39, 0.29) is 29.2 Å². The van der Waals surface area contributed by atoms with Gasteiger partial charge in [0, 0.05) is 24.5 Å². The van der Waals surface area contributed by atoms with Crippen molar-refractivity contribution in [2.24, 2.45) is 0 Å². The standard InChI is InChI=1S/C27H26N2O5/c1-27(2,3)34-21-10-4-17(5-11-21)16-29-23(18-6-8-20(30)9-7-18)22(25(32)26(29)33)24(31)19-12-14-28-15-13-19/h4-15,23,30-31H,16H2,1-3H3/b24-22-. The van der Waals surface area contributed by atoms with E-state index in [1.54, 1.807) is 24.3 Å². The van der Waals surface area contributed by atoms with Crippen LogP contribution in [0.4, 0.5) is 0 Å². The molecule has 1 fully saturated rings. The summed E-state index contributed by atoms with van der Waals surface area (Å²) >= 11 is 0. The SMILES string of the molecule is CC(C)(C)Oc1ccc(CN2C(=O)C(=O)/C(=C(\O)c3ccncc3)C2c2ccc(O)cc2)cc1. The number of ketones is 1. The number of Topliss-reactive ketones (excluding diaryl/α,β-unsaturated/α-hetero) is 1. The van der Waals surface area contributed by atoms with Crippen molar-refractivity contribution in [2.45, 2.75) is 39.0 Å². The van der Waals surface area contributed by atoms with Crippen molar-refractivity contribution in [2.75, 3.05) is 0 Å². The number of likely N-dealkylation sites (tertiary alicyclic amines) is 1. The van der Waals surface area contributed by atoms with Gasteiger partial charge in [-0.1, -0.05) is 24.3 Å². The van der Waals surface area contributed by atoms with Gasteiger partial charge in [-0.15, -0.1) is 0 Å². The first kappa shape index (κ1) is 23.0. The first-order chi connectivity index (χ1) is 16.1. The largest absolute Gasteiger partial charge is 0.508 e. The second-order valence-corrected chi connectivity index (χ2v) is 9.11. The normalized spacial score (nSPS) is 17.7. The van der Waals surface area contributed by atoms with Crippen molar-refractivity contribution in [1.29, 1.82) is 0 Å².